The van der Waals surface area contributed by atoms with E-state index in [1.54, 1.807) is 6.92 Å². The summed E-state index contributed by atoms with van der Waals surface area (Å²) in [5, 5.41) is 0. The standard InChI is InChI=1S/C13H19FN2O5S2/c1-3-21-13-5-4-11(10-12(13)14)23(19,20)16-8-6-15(7-9-16)22(2,17)18/h4-5,10H,3,6-9H2,1-2H3. The molecule has 1 aromatic carbocycles. The molecule has 0 radical (unpaired) electrons. The third kappa shape index (κ3) is 4.00. The molecule has 0 aromatic heterocycles. The van der Waals surface area contributed by atoms with Crippen LogP contribution in [0.5, 0.6) is 5.75 Å². The van der Waals surface area contributed by atoms with Gasteiger partial charge in [0.1, 0.15) is 0 Å². The molecule has 23 heavy (non-hydrogen) atoms. The molecule has 0 spiro atoms. The molecule has 0 saturated carbocycles. The van der Waals surface area contributed by atoms with Gasteiger partial charge in [0.15, 0.2) is 11.6 Å². The van der Waals surface area contributed by atoms with Crippen LogP contribution in [0.4, 0.5) is 4.39 Å². The maximum atomic E-state index is 13.9. The quantitative estimate of drug-likeness (QED) is 0.757. The van der Waals surface area contributed by atoms with Crippen molar-refractivity contribution >= 4 is 20.0 Å². The molecule has 7 nitrogen and oxygen atoms in total. The third-order valence-electron chi connectivity index (χ3n) is 3.51. The highest BCUT2D eigenvalue weighted by atomic mass is 32.2. The number of sulfonamides is 2. The van der Waals surface area contributed by atoms with E-state index in [1.165, 1.54) is 16.4 Å². The molecule has 10 heteroatoms. The van der Waals surface area contributed by atoms with Crippen LogP contribution in [0.2, 0.25) is 0 Å². The van der Waals surface area contributed by atoms with Crippen molar-refractivity contribution in [2.75, 3.05) is 39.0 Å². The number of halogens is 1. The zero-order chi connectivity index (χ0) is 17.3. The summed E-state index contributed by atoms with van der Waals surface area (Å²) in [4.78, 5) is -0.175. The molecule has 2 rings (SSSR count). The highest BCUT2D eigenvalue weighted by molar-refractivity contribution is 7.89. The van der Waals surface area contributed by atoms with Gasteiger partial charge in [-0.1, -0.05) is 0 Å². The molecule has 1 heterocycles. The van der Waals surface area contributed by atoms with Gasteiger partial charge >= 0.3 is 0 Å². The van der Waals surface area contributed by atoms with Gasteiger partial charge in [-0.2, -0.15) is 8.61 Å². The van der Waals surface area contributed by atoms with Crippen molar-refractivity contribution in [1.82, 2.24) is 8.61 Å². The zero-order valence-corrected chi connectivity index (χ0v) is 14.5. The van der Waals surface area contributed by atoms with Crippen molar-refractivity contribution in [1.29, 1.82) is 0 Å². The molecule has 1 aliphatic rings. The summed E-state index contributed by atoms with van der Waals surface area (Å²) in [5.74, 6) is -0.754. The highest BCUT2D eigenvalue weighted by Gasteiger charge is 2.31. The fourth-order valence-electron chi connectivity index (χ4n) is 2.31. The topological polar surface area (TPSA) is 84.0 Å². The van der Waals surface area contributed by atoms with Crippen molar-refractivity contribution < 1.29 is 26.0 Å². The number of piperazine rings is 1. The van der Waals surface area contributed by atoms with Gasteiger partial charge in [0.05, 0.1) is 17.8 Å². The Morgan fingerprint density at radius 2 is 1.65 bits per heavy atom. The average molecular weight is 366 g/mol. The predicted octanol–water partition coefficient (Wildman–Crippen LogP) is 0.490. The van der Waals surface area contributed by atoms with E-state index in [4.69, 9.17) is 4.74 Å². The van der Waals surface area contributed by atoms with Gasteiger partial charge in [-0.25, -0.2) is 21.2 Å². The van der Waals surface area contributed by atoms with Crippen LogP contribution in [-0.4, -0.2) is 64.5 Å². The summed E-state index contributed by atoms with van der Waals surface area (Å²) in [5.41, 5.74) is 0. The minimum Gasteiger partial charge on any atom is -0.491 e. The Labute approximate surface area is 135 Å². The van der Waals surface area contributed by atoms with E-state index >= 15 is 0 Å². The van der Waals surface area contributed by atoms with E-state index < -0.39 is 25.9 Å². The lowest BCUT2D eigenvalue weighted by Crippen LogP contribution is -2.50. The minimum absolute atomic E-state index is 0.00616. The van der Waals surface area contributed by atoms with Crippen LogP contribution in [0.15, 0.2) is 23.1 Å². The highest BCUT2D eigenvalue weighted by Crippen LogP contribution is 2.24. The van der Waals surface area contributed by atoms with E-state index in [-0.39, 0.29) is 43.4 Å². The Morgan fingerprint density at radius 3 is 2.13 bits per heavy atom. The Morgan fingerprint density at radius 1 is 1.09 bits per heavy atom. The van der Waals surface area contributed by atoms with Crippen molar-refractivity contribution in [3.63, 3.8) is 0 Å². The Kier molecular flexibility index (Phi) is 5.29. The van der Waals surface area contributed by atoms with Crippen LogP contribution >= 0.6 is 0 Å². The van der Waals surface area contributed by atoms with Gasteiger partial charge in [-0.05, 0) is 25.1 Å². The Bertz CT molecular complexity index is 772. The molecule has 0 unspecified atom stereocenters. The number of benzene rings is 1. The lowest BCUT2D eigenvalue weighted by Gasteiger charge is -2.32. The van der Waals surface area contributed by atoms with Gasteiger partial charge in [-0.15, -0.1) is 0 Å². The minimum atomic E-state index is -3.87. The molecule has 0 atom stereocenters. The lowest BCUT2D eigenvalue weighted by atomic mass is 10.3. The van der Waals surface area contributed by atoms with Gasteiger partial charge in [0, 0.05) is 26.2 Å². The van der Waals surface area contributed by atoms with E-state index in [2.05, 4.69) is 0 Å². The van der Waals surface area contributed by atoms with Crippen LogP contribution in [0, 0.1) is 5.82 Å². The van der Waals surface area contributed by atoms with Crippen molar-refractivity contribution in [2.45, 2.75) is 11.8 Å². The largest absolute Gasteiger partial charge is 0.491 e. The molecule has 0 N–H and O–H groups in total. The first kappa shape index (κ1) is 18.1. The Hall–Kier alpha value is -1.23. The van der Waals surface area contributed by atoms with Crippen LogP contribution in [-0.2, 0) is 20.0 Å². The maximum absolute atomic E-state index is 13.9. The summed E-state index contributed by atoms with van der Waals surface area (Å²) < 4.78 is 69.2. The van der Waals surface area contributed by atoms with Crippen LogP contribution in [0.25, 0.3) is 0 Å². The molecular weight excluding hydrogens is 347 g/mol. The molecule has 1 saturated heterocycles. The summed E-state index contributed by atoms with van der Waals surface area (Å²) in [6.07, 6.45) is 1.08. The van der Waals surface area contributed by atoms with Crippen molar-refractivity contribution in [3.05, 3.63) is 24.0 Å². The fraction of sp³-hybridized carbons (Fsp3) is 0.538. The predicted molar refractivity (Wildman–Crippen MR) is 82.7 cm³/mol. The average Bonchev–Trinajstić information content (AvgIpc) is 2.48. The van der Waals surface area contributed by atoms with Gasteiger partial charge in [0.25, 0.3) is 0 Å². The number of hydrogen-bond donors (Lipinski definition) is 0. The number of ether oxygens (including phenoxy) is 1. The fourth-order valence-corrected chi connectivity index (χ4v) is 4.57. The molecule has 1 aromatic rings. The zero-order valence-electron chi connectivity index (χ0n) is 12.9. The SMILES string of the molecule is CCOc1ccc(S(=O)(=O)N2CCN(S(C)(=O)=O)CC2)cc1F. The number of nitrogens with zero attached hydrogens (tertiary/aromatic N) is 2. The monoisotopic (exact) mass is 366 g/mol. The first-order valence-electron chi connectivity index (χ1n) is 7.04. The molecule has 0 aliphatic carbocycles. The van der Waals surface area contributed by atoms with Crippen molar-refractivity contribution in [3.8, 4) is 5.75 Å². The first-order valence-corrected chi connectivity index (χ1v) is 10.3. The van der Waals surface area contributed by atoms with Crippen LogP contribution < -0.4 is 4.74 Å². The number of hydrogen-bond acceptors (Lipinski definition) is 5. The maximum Gasteiger partial charge on any atom is 0.243 e. The van der Waals surface area contributed by atoms with Crippen LogP contribution in [0.1, 0.15) is 6.92 Å². The third-order valence-corrected chi connectivity index (χ3v) is 6.71. The first-order chi connectivity index (χ1) is 10.7. The van der Waals surface area contributed by atoms with Crippen LogP contribution in [0.3, 0.4) is 0 Å². The van der Waals surface area contributed by atoms with E-state index in [9.17, 15) is 21.2 Å². The van der Waals surface area contributed by atoms with E-state index in [0.29, 0.717) is 0 Å². The summed E-state index contributed by atoms with van der Waals surface area (Å²) >= 11 is 0. The molecule has 1 fully saturated rings. The summed E-state index contributed by atoms with van der Waals surface area (Å²) in [6.45, 7) is 2.20. The second-order valence-corrected chi connectivity index (χ2v) is 9.01. The molecule has 130 valence electrons. The van der Waals surface area contributed by atoms with E-state index in [1.807, 2.05) is 0 Å². The van der Waals surface area contributed by atoms with Gasteiger partial charge < -0.3 is 4.74 Å². The van der Waals surface area contributed by atoms with Gasteiger partial charge in [-0.3, -0.25) is 0 Å². The van der Waals surface area contributed by atoms with Crippen molar-refractivity contribution in [2.24, 2.45) is 0 Å². The molecular formula is C13H19FN2O5S2. The second kappa shape index (κ2) is 6.71. The molecule has 0 bridgehead atoms. The van der Waals surface area contributed by atoms with E-state index in [0.717, 1.165) is 16.6 Å². The summed E-state index contributed by atoms with van der Waals surface area (Å²) in [6, 6.07) is 3.48. The second-order valence-electron chi connectivity index (χ2n) is 5.09. The van der Waals surface area contributed by atoms with Gasteiger partial charge in [0.2, 0.25) is 20.0 Å². The summed E-state index contributed by atoms with van der Waals surface area (Å²) in [7, 11) is -7.21. The molecule has 1 aliphatic heterocycles. The Balaban J connectivity index is 2.18. The smallest absolute Gasteiger partial charge is 0.243 e. The number of rotatable bonds is 5. The molecule has 0 amide bonds. The lowest BCUT2D eigenvalue weighted by molar-refractivity contribution is 0.274. The normalized spacial score (nSPS) is 18.0.